The summed E-state index contributed by atoms with van der Waals surface area (Å²) in [4.78, 5) is 11.9. The van der Waals surface area contributed by atoms with Crippen molar-refractivity contribution < 1.29 is 4.79 Å². The molecule has 0 atom stereocenters. The van der Waals surface area contributed by atoms with Crippen LogP contribution in [-0.4, -0.2) is 5.78 Å². The van der Waals surface area contributed by atoms with E-state index >= 15 is 0 Å². The molecule has 0 unspecified atom stereocenters. The predicted octanol–water partition coefficient (Wildman–Crippen LogP) is 7.01. The first-order valence-corrected chi connectivity index (χ1v) is 8.08. The third-order valence-corrected chi connectivity index (χ3v) is 1.69. The zero-order chi connectivity index (χ0) is 18.4. The third-order valence-electron chi connectivity index (χ3n) is 1.69. The lowest BCUT2D eigenvalue weighted by Crippen LogP contribution is -2.02. The van der Waals surface area contributed by atoms with E-state index in [4.69, 9.17) is 0 Å². The Labute approximate surface area is 139 Å². The SMILES string of the molecule is C=C/C=C(\C=C)C(=O)C(/C=C\C)=C/C=C.CC.CC.CCC. The summed E-state index contributed by atoms with van der Waals surface area (Å²) in [6.45, 7) is 24.8. The van der Waals surface area contributed by atoms with Crippen LogP contribution in [-0.2, 0) is 4.79 Å². The Morgan fingerprint density at radius 2 is 1.23 bits per heavy atom. The van der Waals surface area contributed by atoms with Crippen LogP contribution < -0.4 is 0 Å². The normalized spacial score (nSPS) is 9.95. The first-order valence-electron chi connectivity index (χ1n) is 8.08. The Morgan fingerprint density at radius 1 is 0.864 bits per heavy atom. The molecule has 22 heavy (non-hydrogen) atoms. The molecule has 0 saturated heterocycles. The van der Waals surface area contributed by atoms with E-state index in [1.54, 1.807) is 30.4 Å². The summed E-state index contributed by atoms with van der Waals surface area (Å²) < 4.78 is 0. The summed E-state index contributed by atoms with van der Waals surface area (Å²) in [5, 5.41) is 0. The molecular weight excluding hydrogens is 268 g/mol. The van der Waals surface area contributed by atoms with E-state index in [-0.39, 0.29) is 5.78 Å². The molecule has 0 heterocycles. The van der Waals surface area contributed by atoms with Crippen molar-refractivity contribution in [3.05, 3.63) is 73.4 Å². The van der Waals surface area contributed by atoms with Gasteiger partial charge in [-0.2, -0.15) is 0 Å². The van der Waals surface area contributed by atoms with Crippen LogP contribution in [0.15, 0.2) is 73.4 Å². The standard InChI is InChI=1S/C14H16O.C3H8.2C2H6/c1-5-9-12(8-4)14(15)13(10-6-2)11-7-3;1-3-2;2*1-2/h5-11H,1-2,4H2,3H3;3H2,1-2H3;2*1-2H3/b11-7-,12-9+,13-10+;;;. The Bertz CT molecular complexity index is 365. The maximum atomic E-state index is 11.9. The molecule has 126 valence electrons. The zero-order valence-corrected chi connectivity index (χ0v) is 15.8. The van der Waals surface area contributed by atoms with Crippen molar-refractivity contribution >= 4 is 5.78 Å². The van der Waals surface area contributed by atoms with Crippen molar-refractivity contribution in [1.82, 2.24) is 0 Å². The molecule has 0 spiro atoms. The fraction of sp³-hybridized carbons (Fsp3) is 0.381. The second kappa shape index (κ2) is 27.5. The fourth-order valence-electron chi connectivity index (χ4n) is 1.04. The fourth-order valence-corrected chi connectivity index (χ4v) is 1.04. The summed E-state index contributed by atoms with van der Waals surface area (Å²) in [6, 6.07) is 0. The number of hydrogen-bond acceptors (Lipinski definition) is 1. The molecule has 0 aromatic carbocycles. The lowest BCUT2D eigenvalue weighted by atomic mass is 10.0. The van der Waals surface area contributed by atoms with Gasteiger partial charge in [-0.15, -0.1) is 0 Å². The van der Waals surface area contributed by atoms with Gasteiger partial charge in [0.05, 0.1) is 0 Å². The molecule has 0 rings (SSSR count). The Hall–Kier alpha value is -1.89. The summed E-state index contributed by atoms with van der Waals surface area (Å²) in [5.74, 6) is -0.0806. The number of hydrogen-bond donors (Lipinski definition) is 0. The Morgan fingerprint density at radius 3 is 1.50 bits per heavy atom. The highest BCUT2D eigenvalue weighted by Gasteiger charge is 2.08. The van der Waals surface area contributed by atoms with Crippen LogP contribution in [0, 0.1) is 0 Å². The average Bonchev–Trinajstić information content (AvgIpc) is 2.56. The molecule has 0 amide bonds. The van der Waals surface area contributed by atoms with Crippen LogP contribution in [0.3, 0.4) is 0 Å². The maximum Gasteiger partial charge on any atom is 0.192 e. The van der Waals surface area contributed by atoms with Crippen molar-refractivity contribution in [3.63, 3.8) is 0 Å². The highest BCUT2D eigenvalue weighted by Crippen LogP contribution is 2.09. The van der Waals surface area contributed by atoms with Crippen LogP contribution >= 0.6 is 0 Å². The second-order valence-corrected chi connectivity index (χ2v) is 3.46. The van der Waals surface area contributed by atoms with E-state index in [0.29, 0.717) is 11.1 Å². The van der Waals surface area contributed by atoms with Crippen LogP contribution in [0.4, 0.5) is 0 Å². The molecule has 1 nitrogen and oxygen atoms in total. The molecule has 0 saturated carbocycles. The molecule has 0 fully saturated rings. The van der Waals surface area contributed by atoms with Crippen LogP contribution in [0.5, 0.6) is 0 Å². The second-order valence-electron chi connectivity index (χ2n) is 3.46. The van der Waals surface area contributed by atoms with Gasteiger partial charge in [-0.1, -0.05) is 110 Å². The minimum absolute atomic E-state index is 0.0806. The van der Waals surface area contributed by atoms with E-state index in [1.165, 1.54) is 12.5 Å². The van der Waals surface area contributed by atoms with E-state index in [9.17, 15) is 4.79 Å². The van der Waals surface area contributed by atoms with Crippen LogP contribution in [0.25, 0.3) is 0 Å². The summed E-state index contributed by atoms with van der Waals surface area (Å²) >= 11 is 0. The van der Waals surface area contributed by atoms with E-state index in [1.807, 2.05) is 40.7 Å². The van der Waals surface area contributed by atoms with Crippen LogP contribution in [0.1, 0.15) is 54.9 Å². The van der Waals surface area contributed by atoms with Gasteiger partial charge in [-0.3, -0.25) is 4.79 Å². The van der Waals surface area contributed by atoms with Gasteiger partial charge in [0.15, 0.2) is 5.78 Å². The van der Waals surface area contributed by atoms with Crippen molar-refractivity contribution in [2.45, 2.75) is 54.9 Å². The maximum absolute atomic E-state index is 11.9. The first-order chi connectivity index (χ1) is 10.6. The van der Waals surface area contributed by atoms with E-state index < -0.39 is 0 Å². The van der Waals surface area contributed by atoms with Gasteiger partial charge in [0.25, 0.3) is 0 Å². The molecule has 0 bridgehead atoms. The van der Waals surface area contributed by atoms with Gasteiger partial charge in [0.2, 0.25) is 0 Å². The monoisotopic (exact) mass is 304 g/mol. The molecule has 0 radical (unpaired) electrons. The number of ketones is 1. The molecule has 0 aliphatic rings. The molecule has 0 N–H and O–H groups in total. The molecule has 0 aliphatic heterocycles. The smallest absolute Gasteiger partial charge is 0.192 e. The lowest BCUT2D eigenvalue weighted by molar-refractivity contribution is -0.111. The topological polar surface area (TPSA) is 17.1 Å². The Balaban J connectivity index is -0.000000198. The molecule has 0 aromatic heterocycles. The van der Waals surface area contributed by atoms with Gasteiger partial charge in [-0.05, 0) is 6.92 Å². The zero-order valence-electron chi connectivity index (χ0n) is 15.8. The molecule has 0 aromatic rings. The number of carbonyl (C=O) groups excluding carboxylic acids is 1. The predicted molar refractivity (Wildman–Crippen MR) is 105 cm³/mol. The van der Waals surface area contributed by atoms with Crippen molar-refractivity contribution in [2.24, 2.45) is 0 Å². The number of Topliss-reactive ketones (excluding diaryl/α,β-unsaturated/α-hetero) is 1. The number of allylic oxidation sites excluding steroid dienone is 9. The summed E-state index contributed by atoms with van der Waals surface area (Å²) in [6.07, 6.45) is 12.8. The first kappa shape index (κ1) is 28.3. The van der Waals surface area contributed by atoms with Crippen molar-refractivity contribution in [1.29, 1.82) is 0 Å². The van der Waals surface area contributed by atoms with Gasteiger partial charge in [0, 0.05) is 11.1 Å². The van der Waals surface area contributed by atoms with Gasteiger partial charge >= 0.3 is 0 Å². The van der Waals surface area contributed by atoms with E-state index in [0.717, 1.165) is 0 Å². The minimum Gasteiger partial charge on any atom is -0.289 e. The third kappa shape index (κ3) is 18.1. The van der Waals surface area contributed by atoms with E-state index in [2.05, 4.69) is 33.6 Å². The van der Waals surface area contributed by atoms with Crippen molar-refractivity contribution in [3.8, 4) is 0 Å². The highest BCUT2D eigenvalue weighted by atomic mass is 16.1. The van der Waals surface area contributed by atoms with Crippen LogP contribution in [0.2, 0.25) is 0 Å². The molecule has 1 heteroatoms. The lowest BCUT2D eigenvalue weighted by Gasteiger charge is -2.00. The number of rotatable bonds is 6. The largest absolute Gasteiger partial charge is 0.289 e. The Kier molecular flexibility index (Phi) is 35.3. The van der Waals surface area contributed by atoms with Gasteiger partial charge in [-0.25, -0.2) is 0 Å². The summed E-state index contributed by atoms with van der Waals surface area (Å²) in [7, 11) is 0. The molecule has 0 aliphatic carbocycles. The van der Waals surface area contributed by atoms with Crippen molar-refractivity contribution in [2.75, 3.05) is 0 Å². The highest BCUT2D eigenvalue weighted by molar-refractivity contribution is 6.12. The minimum atomic E-state index is -0.0806. The average molecular weight is 305 g/mol. The molecular formula is C21H36O. The quantitative estimate of drug-likeness (QED) is 0.381. The van der Waals surface area contributed by atoms with Gasteiger partial charge < -0.3 is 0 Å². The van der Waals surface area contributed by atoms with Gasteiger partial charge in [0.1, 0.15) is 0 Å². The summed E-state index contributed by atoms with van der Waals surface area (Å²) in [5.41, 5.74) is 1.11. The number of carbonyl (C=O) groups is 1.